The van der Waals surface area contributed by atoms with Gasteiger partial charge in [0.15, 0.2) is 9.84 Å². The summed E-state index contributed by atoms with van der Waals surface area (Å²) in [5.41, 5.74) is 2.43. The monoisotopic (exact) mass is 418 g/mol. The third-order valence-corrected chi connectivity index (χ3v) is 5.87. The van der Waals surface area contributed by atoms with E-state index in [-0.39, 0.29) is 5.75 Å². The number of nitrogens with one attached hydrogen (secondary N) is 1. The maximum atomic E-state index is 12.5. The molecule has 0 atom stereocenters. The van der Waals surface area contributed by atoms with Crippen molar-refractivity contribution in [1.29, 1.82) is 0 Å². The molecule has 2 aromatic carbocycles. The Morgan fingerprint density at radius 2 is 1.79 bits per heavy atom. The highest BCUT2D eigenvalue weighted by Gasteiger charge is 2.23. The molecule has 8 heteroatoms. The van der Waals surface area contributed by atoms with Gasteiger partial charge in [0.05, 0.1) is 22.2 Å². The summed E-state index contributed by atoms with van der Waals surface area (Å²) in [6, 6.07) is 14.2. The van der Waals surface area contributed by atoms with Crippen LogP contribution in [0.2, 0.25) is 5.02 Å². The molecule has 1 aromatic heterocycles. The minimum absolute atomic E-state index is 0.295. The van der Waals surface area contributed by atoms with Crippen molar-refractivity contribution in [2.24, 2.45) is 0 Å². The first-order chi connectivity index (χ1) is 13.2. The Kier molecular flexibility index (Phi) is 5.86. The van der Waals surface area contributed by atoms with Crippen molar-refractivity contribution in [2.45, 2.75) is 19.6 Å². The SMILES string of the molecule is Cc1ccccc1-c1nc(CS(=O)(=O)CC(=O)Nc2ccccc2Cl)c(C)o1. The number of carbonyl (C=O) groups excluding carboxylic acids is 1. The normalized spacial score (nSPS) is 11.4. The van der Waals surface area contributed by atoms with Gasteiger partial charge in [0.25, 0.3) is 0 Å². The number of benzene rings is 2. The maximum Gasteiger partial charge on any atom is 0.239 e. The van der Waals surface area contributed by atoms with E-state index < -0.39 is 21.5 Å². The molecule has 0 aliphatic carbocycles. The molecule has 0 aliphatic heterocycles. The fourth-order valence-electron chi connectivity index (χ4n) is 2.70. The summed E-state index contributed by atoms with van der Waals surface area (Å²) in [6.07, 6.45) is 0. The molecule has 0 fully saturated rings. The number of hydrogen-bond acceptors (Lipinski definition) is 5. The topological polar surface area (TPSA) is 89.3 Å². The number of aryl methyl sites for hydroxylation is 2. The van der Waals surface area contributed by atoms with Crippen molar-refractivity contribution in [1.82, 2.24) is 4.98 Å². The summed E-state index contributed by atoms with van der Waals surface area (Å²) in [7, 11) is -3.75. The smallest absolute Gasteiger partial charge is 0.239 e. The van der Waals surface area contributed by atoms with Gasteiger partial charge in [-0.25, -0.2) is 13.4 Å². The Hall–Kier alpha value is -2.64. The number of amides is 1. The van der Waals surface area contributed by atoms with E-state index in [0.717, 1.165) is 11.1 Å². The van der Waals surface area contributed by atoms with Crippen LogP contribution in [0, 0.1) is 13.8 Å². The molecule has 3 aromatic rings. The number of sulfone groups is 1. The molecule has 28 heavy (non-hydrogen) atoms. The highest BCUT2D eigenvalue weighted by Crippen LogP contribution is 2.26. The van der Waals surface area contributed by atoms with Crippen LogP contribution in [-0.4, -0.2) is 25.1 Å². The lowest BCUT2D eigenvalue weighted by Gasteiger charge is -2.07. The molecule has 0 radical (unpaired) electrons. The molecule has 0 saturated heterocycles. The summed E-state index contributed by atoms with van der Waals surface area (Å²) < 4.78 is 30.6. The van der Waals surface area contributed by atoms with Crippen LogP contribution < -0.4 is 5.32 Å². The first-order valence-electron chi connectivity index (χ1n) is 8.52. The van der Waals surface area contributed by atoms with E-state index in [1.54, 1.807) is 31.2 Å². The summed E-state index contributed by atoms with van der Waals surface area (Å²) >= 11 is 5.98. The molecule has 0 spiro atoms. The first kappa shape index (κ1) is 20.1. The second-order valence-corrected chi connectivity index (χ2v) is 8.87. The van der Waals surface area contributed by atoms with Gasteiger partial charge in [0, 0.05) is 5.56 Å². The second-order valence-electron chi connectivity index (χ2n) is 6.40. The molecule has 6 nitrogen and oxygen atoms in total. The summed E-state index contributed by atoms with van der Waals surface area (Å²) in [5.74, 6) is -0.947. The molecule has 0 aliphatic rings. The number of para-hydroxylation sites is 1. The van der Waals surface area contributed by atoms with Gasteiger partial charge >= 0.3 is 0 Å². The number of aromatic nitrogens is 1. The molecule has 1 amide bonds. The van der Waals surface area contributed by atoms with Crippen LogP contribution in [0.4, 0.5) is 5.69 Å². The number of halogens is 1. The van der Waals surface area contributed by atoms with E-state index in [1.165, 1.54) is 0 Å². The van der Waals surface area contributed by atoms with E-state index in [2.05, 4.69) is 10.3 Å². The van der Waals surface area contributed by atoms with E-state index in [0.29, 0.717) is 28.1 Å². The van der Waals surface area contributed by atoms with Gasteiger partial charge in [0.2, 0.25) is 11.8 Å². The van der Waals surface area contributed by atoms with Crippen LogP contribution in [0.5, 0.6) is 0 Å². The van der Waals surface area contributed by atoms with E-state index in [9.17, 15) is 13.2 Å². The zero-order valence-electron chi connectivity index (χ0n) is 15.4. The largest absolute Gasteiger partial charge is 0.441 e. The zero-order chi connectivity index (χ0) is 20.3. The third-order valence-electron chi connectivity index (χ3n) is 4.12. The minimum atomic E-state index is -3.75. The number of nitrogens with zero attached hydrogens (tertiary/aromatic N) is 1. The number of carbonyl (C=O) groups is 1. The Bertz CT molecular complexity index is 1120. The van der Waals surface area contributed by atoms with Crippen molar-refractivity contribution < 1.29 is 17.6 Å². The van der Waals surface area contributed by atoms with Gasteiger partial charge < -0.3 is 9.73 Å². The van der Waals surface area contributed by atoms with Crippen molar-refractivity contribution in [3.63, 3.8) is 0 Å². The predicted molar refractivity (Wildman–Crippen MR) is 109 cm³/mol. The van der Waals surface area contributed by atoms with Gasteiger partial charge in [-0.05, 0) is 37.6 Å². The van der Waals surface area contributed by atoms with Crippen LogP contribution in [0.3, 0.4) is 0 Å². The molecule has 1 N–H and O–H groups in total. The maximum absolute atomic E-state index is 12.5. The molecule has 3 rings (SSSR count). The highest BCUT2D eigenvalue weighted by molar-refractivity contribution is 7.91. The lowest BCUT2D eigenvalue weighted by Crippen LogP contribution is -2.24. The predicted octanol–water partition coefficient (Wildman–Crippen LogP) is 4.17. The Morgan fingerprint density at radius 3 is 2.50 bits per heavy atom. The number of rotatable bonds is 6. The molecular weight excluding hydrogens is 400 g/mol. The van der Waals surface area contributed by atoms with E-state index in [4.69, 9.17) is 16.0 Å². The number of oxazole rings is 1. The molecule has 0 unspecified atom stereocenters. The van der Waals surface area contributed by atoms with Gasteiger partial charge in [-0.2, -0.15) is 0 Å². The Morgan fingerprint density at radius 1 is 1.11 bits per heavy atom. The molecule has 146 valence electrons. The van der Waals surface area contributed by atoms with Crippen LogP contribution in [-0.2, 0) is 20.4 Å². The fraction of sp³-hybridized carbons (Fsp3) is 0.200. The highest BCUT2D eigenvalue weighted by atomic mass is 35.5. The van der Waals surface area contributed by atoms with Gasteiger partial charge in [-0.15, -0.1) is 0 Å². The van der Waals surface area contributed by atoms with Crippen LogP contribution >= 0.6 is 11.6 Å². The lowest BCUT2D eigenvalue weighted by molar-refractivity contribution is -0.113. The third kappa shape index (κ3) is 4.79. The van der Waals surface area contributed by atoms with Crippen molar-refractivity contribution in [2.75, 3.05) is 11.1 Å². The van der Waals surface area contributed by atoms with Crippen LogP contribution in [0.15, 0.2) is 52.9 Å². The minimum Gasteiger partial charge on any atom is -0.441 e. The second kappa shape index (κ2) is 8.16. The lowest BCUT2D eigenvalue weighted by atomic mass is 10.1. The molecule has 0 saturated carbocycles. The van der Waals surface area contributed by atoms with Gasteiger partial charge in [-0.1, -0.05) is 41.9 Å². The average molecular weight is 419 g/mol. The van der Waals surface area contributed by atoms with Crippen molar-refractivity contribution >= 4 is 33.0 Å². The first-order valence-corrected chi connectivity index (χ1v) is 10.7. The van der Waals surface area contributed by atoms with E-state index in [1.807, 2.05) is 31.2 Å². The number of anilines is 1. The molecule has 0 bridgehead atoms. The number of hydrogen-bond donors (Lipinski definition) is 1. The van der Waals surface area contributed by atoms with Gasteiger partial charge in [0.1, 0.15) is 11.5 Å². The summed E-state index contributed by atoms with van der Waals surface area (Å²) in [4.78, 5) is 16.5. The fourth-order valence-corrected chi connectivity index (χ4v) is 4.14. The van der Waals surface area contributed by atoms with Gasteiger partial charge in [-0.3, -0.25) is 4.79 Å². The van der Waals surface area contributed by atoms with E-state index >= 15 is 0 Å². The summed E-state index contributed by atoms with van der Waals surface area (Å²) in [6.45, 7) is 3.58. The molecule has 1 heterocycles. The Labute approximate surface area is 168 Å². The van der Waals surface area contributed by atoms with Crippen molar-refractivity contribution in [3.05, 3.63) is 70.6 Å². The van der Waals surface area contributed by atoms with Crippen molar-refractivity contribution in [3.8, 4) is 11.5 Å². The molecular formula is C20H19ClN2O4S. The zero-order valence-corrected chi connectivity index (χ0v) is 17.0. The van der Waals surface area contributed by atoms with Crippen LogP contribution in [0.25, 0.3) is 11.5 Å². The average Bonchev–Trinajstić information content (AvgIpc) is 2.96. The quantitative estimate of drug-likeness (QED) is 0.649. The Balaban J connectivity index is 1.73. The standard InChI is InChI=1S/C20H19ClN2O4S/c1-13-7-3-4-8-15(13)20-23-18(14(2)27-20)11-28(25,26)12-19(24)22-17-10-6-5-9-16(17)21/h3-10H,11-12H2,1-2H3,(H,22,24). The van der Waals surface area contributed by atoms with Crippen LogP contribution in [0.1, 0.15) is 17.0 Å². The summed E-state index contributed by atoms with van der Waals surface area (Å²) in [5, 5.41) is 2.85.